The molecule has 0 aromatic heterocycles. The summed E-state index contributed by atoms with van der Waals surface area (Å²) in [5, 5.41) is 3.50. The van der Waals surface area contributed by atoms with Crippen LogP contribution in [0.2, 0.25) is 0 Å². The number of nitrogens with one attached hydrogen (secondary N) is 1. The Kier molecular flexibility index (Phi) is 6.10. The molecule has 4 rings (SSSR count). The largest absolute Gasteiger partial charge is 0.493 e. The topological polar surface area (TPSA) is 56.8 Å². The molecule has 1 aliphatic heterocycles. The number of carbonyl (C=O) groups is 1. The number of hydrogen-bond donors (Lipinski definition) is 1. The second-order valence-electron chi connectivity index (χ2n) is 9.48. The molecule has 0 bridgehead atoms. The molecule has 0 radical (unpaired) electrons. The van der Waals surface area contributed by atoms with Gasteiger partial charge in [-0.15, -0.1) is 0 Å². The summed E-state index contributed by atoms with van der Waals surface area (Å²) in [4.78, 5) is 12.6. The first kappa shape index (κ1) is 21.2. The van der Waals surface area contributed by atoms with Gasteiger partial charge in [0.2, 0.25) is 0 Å². The van der Waals surface area contributed by atoms with Gasteiger partial charge in [0.15, 0.2) is 11.5 Å². The molecule has 2 fully saturated rings. The summed E-state index contributed by atoms with van der Waals surface area (Å²) in [6.45, 7) is 6.19. The van der Waals surface area contributed by atoms with Gasteiger partial charge in [0.05, 0.1) is 20.1 Å². The Labute approximate surface area is 180 Å². The van der Waals surface area contributed by atoms with Crippen molar-refractivity contribution in [2.75, 3.05) is 27.3 Å². The fourth-order valence-corrected chi connectivity index (χ4v) is 5.81. The Morgan fingerprint density at radius 3 is 2.80 bits per heavy atom. The van der Waals surface area contributed by atoms with Crippen LogP contribution in [0.5, 0.6) is 11.5 Å². The van der Waals surface area contributed by atoms with E-state index < -0.39 is 0 Å². The number of rotatable bonds is 7. The van der Waals surface area contributed by atoms with E-state index >= 15 is 0 Å². The Morgan fingerprint density at radius 1 is 1.23 bits per heavy atom. The molecule has 1 aromatic rings. The van der Waals surface area contributed by atoms with Crippen molar-refractivity contribution in [2.45, 2.75) is 52.1 Å². The van der Waals surface area contributed by atoms with Crippen LogP contribution in [0.25, 0.3) is 0 Å². The Bertz CT molecular complexity index is 819. The van der Waals surface area contributed by atoms with Crippen LogP contribution >= 0.6 is 0 Å². The minimum Gasteiger partial charge on any atom is -0.493 e. The van der Waals surface area contributed by atoms with E-state index in [0.29, 0.717) is 12.5 Å². The van der Waals surface area contributed by atoms with E-state index in [-0.39, 0.29) is 29.3 Å². The summed E-state index contributed by atoms with van der Waals surface area (Å²) >= 11 is 0. The summed E-state index contributed by atoms with van der Waals surface area (Å²) in [7, 11) is 3.29. The standard InChI is InChI=1S/C25H35NO4/c1-16-6-5-10-25(2)14-23-18(13-20(16)25)19(24(27)30-23)15-26-11-9-17-7-8-21(28-3)22(12-17)29-4/h7-8,12-13,16,18-19,23,26H,5-6,9-11,14-15H2,1-4H3/t16-,18+,19?,23+,25+/m0/s1. The summed E-state index contributed by atoms with van der Waals surface area (Å²) in [5.41, 5.74) is 2.97. The third-order valence-electron chi connectivity index (χ3n) is 7.48. The first-order valence-corrected chi connectivity index (χ1v) is 11.3. The minimum absolute atomic E-state index is 0.0321. The van der Waals surface area contributed by atoms with Gasteiger partial charge >= 0.3 is 5.97 Å². The van der Waals surface area contributed by atoms with E-state index in [0.717, 1.165) is 30.9 Å². The van der Waals surface area contributed by atoms with Crippen LogP contribution in [-0.2, 0) is 16.0 Å². The molecule has 3 aliphatic rings. The Balaban J connectivity index is 1.36. The third kappa shape index (κ3) is 3.96. The molecule has 1 aromatic carbocycles. The highest BCUT2D eigenvalue weighted by Crippen LogP contribution is 2.53. The number of fused-ring (bicyclic) bond motifs is 2. The average molecular weight is 414 g/mol. The second-order valence-corrected chi connectivity index (χ2v) is 9.48. The van der Waals surface area contributed by atoms with Gasteiger partial charge in [0, 0.05) is 12.5 Å². The van der Waals surface area contributed by atoms with Crippen LogP contribution in [-0.4, -0.2) is 39.4 Å². The molecule has 5 nitrogen and oxygen atoms in total. The SMILES string of the molecule is COc1ccc(CCNCC2C(=O)O[C@@H]3C[C@@]4(C)CCC[C@H](C)C4=C[C@H]23)cc1OC. The fraction of sp³-hybridized carbons (Fsp3) is 0.640. The monoisotopic (exact) mass is 413 g/mol. The Hall–Kier alpha value is -2.01. The van der Waals surface area contributed by atoms with Crippen LogP contribution in [0.3, 0.4) is 0 Å². The number of ether oxygens (including phenoxy) is 3. The number of allylic oxidation sites excluding steroid dienone is 1. The van der Waals surface area contributed by atoms with E-state index in [4.69, 9.17) is 14.2 Å². The lowest BCUT2D eigenvalue weighted by Crippen LogP contribution is -2.40. The first-order valence-electron chi connectivity index (χ1n) is 11.3. The molecule has 0 amide bonds. The lowest BCUT2D eigenvalue weighted by molar-refractivity contribution is -0.145. The molecule has 1 heterocycles. The quantitative estimate of drug-likeness (QED) is 0.413. The van der Waals surface area contributed by atoms with Crippen LogP contribution in [0.15, 0.2) is 29.8 Å². The first-order chi connectivity index (χ1) is 14.4. The van der Waals surface area contributed by atoms with Crippen molar-refractivity contribution < 1.29 is 19.0 Å². The predicted octanol–water partition coefficient (Wildman–Crippen LogP) is 4.15. The maximum absolute atomic E-state index is 12.6. The van der Waals surface area contributed by atoms with Crippen molar-refractivity contribution >= 4 is 5.97 Å². The molecule has 0 spiro atoms. The number of esters is 1. The normalized spacial score (nSPS) is 32.7. The van der Waals surface area contributed by atoms with Gasteiger partial charge in [-0.1, -0.05) is 38.0 Å². The predicted molar refractivity (Wildman–Crippen MR) is 117 cm³/mol. The minimum atomic E-state index is -0.0772. The van der Waals surface area contributed by atoms with Gasteiger partial charge in [0.1, 0.15) is 6.10 Å². The van der Waals surface area contributed by atoms with Crippen molar-refractivity contribution in [3.63, 3.8) is 0 Å². The third-order valence-corrected chi connectivity index (χ3v) is 7.48. The molecule has 164 valence electrons. The van der Waals surface area contributed by atoms with Gasteiger partial charge in [-0.2, -0.15) is 0 Å². The number of hydrogen-bond acceptors (Lipinski definition) is 5. The summed E-state index contributed by atoms with van der Waals surface area (Å²) in [6, 6.07) is 6.00. The number of methoxy groups -OCH3 is 2. The summed E-state index contributed by atoms with van der Waals surface area (Å²) in [5.74, 6) is 2.22. The highest BCUT2D eigenvalue weighted by Gasteiger charge is 2.51. The zero-order valence-electron chi connectivity index (χ0n) is 18.7. The van der Waals surface area contributed by atoms with Gasteiger partial charge in [-0.05, 0) is 61.3 Å². The molecule has 2 aliphatic carbocycles. The van der Waals surface area contributed by atoms with Gasteiger partial charge in [-0.25, -0.2) is 0 Å². The highest BCUT2D eigenvalue weighted by atomic mass is 16.6. The van der Waals surface area contributed by atoms with E-state index in [1.807, 2.05) is 12.1 Å². The average Bonchev–Trinajstić information content (AvgIpc) is 3.03. The maximum atomic E-state index is 12.6. The molecule has 5 heteroatoms. The zero-order chi connectivity index (χ0) is 21.3. The van der Waals surface area contributed by atoms with Gasteiger partial charge < -0.3 is 19.5 Å². The van der Waals surface area contributed by atoms with Gasteiger partial charge in [-0.3, -0.25) is 4.79 Å². The highest BCUT2D eigenvalue weighted by molar-refractivity contribution is 5.76. The van der Waals surface area contributed by atoms with E-state index in [9.17, 15) is 4.79 Å². The lowest BCUT2D eigenvalue weighted by Gasteiger charge is -2.46. The zero-order valence-corrected chi connectivity index (χ0v) is 18.7. The maximum Gasteiger partial charge on any atom is 0.311 e. The van der Waals surface area contributed by atoms with Crippen molar-refractivity contribution in [1.29, 1.82) is 0 Å². The molecule has 1 saturated heterocycles. The van der Waals surface area contributed by atoms with Crippen LogP contribution < -0.4 is 14.8 Å². The molecule has 1 saturated carbocycles. The molecule has 1 N–H and O–H groups in total. The number of benzene rings is 1. The fourth-order valence-electron chi connectivity index (χ4n) is 5.81. The van der Waals surface area contributed by atoms with Crippen molar-refractivity contribution in [2.24, 2.45) is 23.2 Å². The Morgan fingerprint density at radius 2 is 2.03 bits per heavy atom. The molecule has 1 unspecified atom stereocenters. The second kappa shape index (κ2) is 8.62. The van der Waals surface area contributed by atoms with Crippen molar-refractivity contribution in [1.82, 2.24) is 5.32 Å². The smallest absolute Gasteiger partial charge is 0.311 e. The van der Waals surface area contributed by atoms with Crippen LogP contribution in [0, 0.1) is 23.2 Å². The van der Waals surface area contributed by atoms with Crippen molar-refractivity contribution in [3.8, 4) is 11.5 Å². The lowest BCUT2D eigenvalue weighted by atomic mass is 9.59. The number of carbonyl (C=O) groups excluding carboxylic acids is 1. The van der Waals surface area contributed by atoms with Crippen molar-refractivity contribution in [3.05, 3.63) is 35.4 Å². The summed E-state index contributed by atoms with van der Waals surface area (Å²) in [6.07, 6.45) is 8.09. The van der Waals surface area contributed by atoms with E-state index in [1.165, 1.54) is 24.8 Å². The van der Waals surface area contributed by atoms with Crippen LogP contribution in [0.1, 0.15) is 45.1 Å². The molecular weight excluding hydrogens is 378 g/mol. The van der Waals surface area contributed by atoms with Crippen LogP contribution in [0.4, 0.5) is 0 Å². The molecule has 5 atom stereocenters. The van der Waals surface area contributed by atoms with E-state index in [2.05, 4.69) is 31.3 Å². The van der Waals surface area contributed by atoms with E-state index in [1.54, 1.807) is 19.8 Å². The molecular formula is C25H35NO4. The van der Waals surface area contributed by atoms with Gasteiger partial charge in [0.25, 0.3) is 0 Å². The molecule has 30 heavy (non-hydrogen) atoms. The summed E-state index contributed by atoms with van der Waals surface area (Å²) < 4.78 is 16.5.